The summed E-state index contributed by atoms with van der Waals surface area (Å²) >= 11 is 0. The highest BCUT2D eigenvalue weighted by Crippen LogP contribution is 2.18. The SMILES string of the molecule is CCCCC/C=C\C/C=C\C/C=C\C/C=C\CCCC(=O)OCC(COC(=O)CCCCCCCCCCCCCCCCCCCCC)OC(=O)CCCCCCCCCCCCCCCCCCCC. The summed E-state index contributed by atoms with van der Waals surface area (Å²) in [5, 5.41) is 0. The minimum atomic E-state index is -0.792. The molecule has 0 saturated carbocycles. The Balaban J connectivity index is 4.39. The van der Waals surface area contributed by atoms with E-state index >= 15 is 0 Å². The van der Waals surface area contributed by atoms with Crippen LogP contribution >= 0.6 is 0 Å². The maximum Gasteiger partial charge on any atom is 0.306 e. The molecule has 0 aliphatic carbocycles. The molecule has 0 N–H and O–H groups in total. The molecule has 0 aliphatic heterocycles. The standard InChI is InChI=1S/C66H120O6/c1-4-7-10-13-16-19-22-25-28-31-33-36-38-41-44-47-50-53-56-59-65(68)71-62-63(61-70-64(67)58-55-52-49-46-43-40-37-34-30-27-24-21-18-15-12-9-6-3)72-66(69)60-57-54-51-48-45-42-39-35-32-29-26-23-20-17-14-11-8-5-2/h18,21,27,30,37,40,46,49,63H,4-17,19-20,22-26,28-29,31-36,38-39,41-45,47-48,50-62H2,1-3H3/b21-18-,30-27-,40-37-,49-46-. The van der Waals surface area contributed by atoms with Gasteiger partial charge in [-0.25, -0.2) is 0 Å². The fraction of sp³-hybridized carbons (Fsp3) is 0.833. The van der Waals surface area contributed by atoms with Crippen LogP contribution in [0.15, 0.2) is 48.6 Å². The summed E-state index contributed by atoms with van der Waals surface area (Å²) in [5.41, 5.74) is 0. The molecule has 0 aromatic heterocycles. The topological polar surface area (TPSA) is 78.9 Å². The second-order valence-electron chi connectivity index (χ2n) is 21.3. The molecule has 0 amide bonds. The Bertz CT molecular complexity index is 1250. The molecule has 0 aromatic carbocycles. The highest BCUT2D eigenvalue weighted by atomic mass is 16.6. The third kappa shape index (κ3) is 58.3. The lowest BCUT2D eigenvalue weighted by Gasteiger charge is -2.18. The summed E-state index contributed by atoms with van der Waals surface area (Å²) in [7, 11) is 0. The lowest BCUT2D eigenvalue weighted by atomic mass is 10.0. The summed E-state index contributed by atoms with van der Waals surface area (Å²) in [6.45, 7) is 6.63. The van der Waals surface area contributed by atoms with Gasteiger partial charge in [-0.1, -0.05) is 307 Å². The Hall–Kier alpha value is -2.63. The molecular formula is C66H120O6. The first-order chi connectivity index (χ1) is 35.5. The fourth-order valence-corrected chi connectivity index (χ4v) is 9.32. The third-order valence-corrected chi connectivity index (χ3v) is 14.1. The van der Waals surface area contributed by atoms with Crippen molar-refractivity contribution < 1.29 is 28.6 Å². The molecule has 0 fully saturated rings. The molecule has 0 rings (SSSR count). The van der Waals surface area contributed by atoms with Crippen LogP contribution in [0.3, 0.4) is 0 Å². The van der Waals surface area contributed by atoms with Crippen molar-refractivity contribution in [3.8, 4) is 0 Å². The van der Waals surface area contributed by atoms with Crippen LogP contribution in [0.1, 0.15) is 335 Å². The summed E-state index contributed by atoms with van der Waals surface area (Å²) in [6, 6.07) is 0. The van der Waals surface area contributed by atoms with E-state index in [-0.39, 0.29) is 37.5 Å². The van der Waals surface area contributed by atoms with E-state index in [1.54, 1.807) is 0 Å². The van der Waals surface area contributed by atoms with Gasteiger partial charge in [-0.2, -0.15) is 0 Å². The predicted octanol–water partition coefficient (Wildman–Crippen LogP) is 21.4. The lowest BCUT2D eigenvalue weighted by Crippen LogP contribution is -2.30. The van der Waals surface area contributed by atoms with E-state index < -0.39 is 6.10 Å². The quantitative estimate of drug-likeness (QED) is 0.0261. The molecule has 0 saturated heterocycles. The molecule has 1 unspecified atom stereocenters. The van der Waals surface area contributed by atoms with E-state index in [0.717, 1.165) is 64.2 Å². The number of hydrogen-bond acceptors (Lipinski definition) is 6. The summed E-state index contributed by atoms with van der Waals surface area (Å²) < 4.78 is 16.9. The number of carbonyl (C=O) groups excluding carboxylic acids is 3. The minimum absolute atomic E-state index is 0.0850. The van der Waals surface area contributed by atoms with Crippen LogP contribution in [0.5, 0.6) is 0 Å². The molecule has 0 aliphatic rings. The van der Waals surface area contributed by atoms with Crippen molar-refractivity contribution in [2.75, 3.05) is 13.2 Å². The van der Waals surface area contributed by atoms with Crippen LogP contribution in [0.25, 0.3) is 0 Å². The minimum Gasteiger partial charge on any atom is -0.462 e. The van der Waals surface area contributed by atoms with E-state index in [2.05, 4.69) is 69.4 Å². The van der Waals surface area contributed by atoms with Gasteiger partial charge in [0.25, 0.3) is 0 Å². The number of unbranched alkanes of at least 4 members (excludes halogenated alkanes) is 39. The van der Waals surface area contributed by atoms with Crippen LogP contribution in [0.4, 0.5) is 0 Å². The van der Waals surface area contributed by atoms with E-state index in [0.29, 0.717) is 19.3 Å². The van der Waals surface area contributed by atoms with E-state index in [4.69, 9.17) is 14.2 Å². The van der Waals surface area contributed by atoms with Gasteiger partial charge in [-0.05, 0) is 57.8 Å². The van der Waals surface area contributed by atoms with Gasteiger partial charge in [0.05, 0.1) is 0 Å². The van der Waals surface area contributed by atoms with Crippen LogP contribution in [0, 0.1) is 0 Å². The van der Waals surface area contributed by atoms with Gasteiger partial charge in [-0.3, -0.25) is 14.4 Å². The number of ether oxygens (including phenoxy) is 3. The second-order valence-corrected chi connectivity index (χ2v) is 21.3. The summed E-state index contributed by atoms with van der Waals surface area (Å²) in [5.74, 6) is -0.921. The van der Waals surface area contributed by atoms with Gasteiger partial charge in [-0.15, -0.1) is 0 Å². The summed E-state index contributed by atoms with van der Waals surface area (Å²) in [6.07, 6.45) is 75.5. The molecule has 0 spiro atoms. The largest absolute Gasteiger partial charge is 0.462 e. The Morgan fingerprint density at radius 2 is 0.514 bits per heavy atom. The van der Waals surface area contributed by atoms with Gasteiger partial charge in [0.15, 0.2) is 6.10 Å². The van der Waals surface area contributed by atoms with E-state index in [9.17, 15) is 14.4 Å². The van der Waals surface area contributed by atoms with Gasteiger partial charge in [0.1, 0.15) is 13.2 Å². The maximum atomic E-state index is 12.9. The van der Waals surface area contributed by atoms with Crippen LogP contribution in [-0.4, -0.2) is 37.2 Å². The van der Waals surface area contributed by atoms with Gasteiger partial charge in [0, 0.05) is 19.3 Å². The average molecular weight is 1010 g/mol. The van der Waals surface area contributed by atoms with Crippen LogP contribution in [-0.2, 0) is 28.6 Å². The first kappa shape index (κ1) is 69.4. The first-order valence-corrected chi connectivity index (χ1v) is 31.6. The molecule has 6 heteroatoms. The zero-order valence-corrected chi connectivity index (χ0v) is 48.2. The molecule has 6 nitrogen and oxygen atoms in total. The molecular weight excluding hydrogens is 889 g/mol. The Morgan fingerprint density at radius 3 is 0.833 bits per heavy atom. The van der Waals surface area contributed by atoms with E-state index in [1.165, 1.54) is 225 Å². The molecule has 420 valence electrons. The number of rotatable bonds is 58. The lowest BCUT2D eigenvalue weighted by molar-refractivity contribution is -0.167. The van der Waals surface area contributed by atoms with Crippen LogP contribution in [0.2, 0.25) is 0 Å². The maximum absolute atomic E-state index is 12.9. The first-order valence-electron chi connectivity index (χ1n) is 31.6. The molecule has 0 bridgehead atoms. The normalized spacial score (nSPS) is 12.3. The Labute approximate surface area is 448 Å². The Kier molecular flexibility index (Phi) is 58.7. The zero-order chi connectivity index (χ0) is 52.2. The molecule has 0 aromatic rings. The Morgan fingerprint density at radius 1 is 0.278 bits per heavy atom. The predicted molar refractivity (Wildman–Crippen MR) is 312 cm³/mol. The van der Waals surface area contributed by atoms with Gasteiger partial charge >= 0.3 is 17.9 Å². The zero-order valence-electron chi connectivity index (χ0n) is 48.2. The molecule has 1 atom stereocenters. The summed E-state index contributed by atoms with van der Waals surface area (Å²) in [4.78, 5) is 38.3. The van der Waals surface area contributed by atoms with Crippen molar-refractivity contribution in [2.45, 2.75) is 341 Å². The van der Waals surface area contributed by atoms with Crippen molar-refractivity contribution in [2.24, 2.45) is 0 Å². The fourth-order valence-electron chi connectivity index (χ4n) is 9.32. The number of esters is 3. The van der Waals surface area contributed by atoms with Crippen molar-refractivity contribution in [3.63, 3.8) is 0 Å². The van der Waals surface area contributed by atoms with E-state index in [1.807, 2.05) is 0 Å². The number of allylic oxidation sites excluding steroid dienone is 8. The average Bonchev–Trinajstić information content (AvgIpc) is 3.38. The van der Waals surface area contributed by atoms with Crippen molar-refractivity contribution in [1.82, 2.24) is 0 Å². The highest BCUT2D eigenvalue weighted by Gasteiger charge is 2.19. The van der Waals surface area contributed by atoms with Crippen molar-refractivity contribution in [3.05, 3.63) is 48.6 Å². The molecule has 0 heterocycles. The monoisotopic (exact) mass is 1010 g/mol. The molecule has 0 radical (unpaired) electrons. The van der Waals surface area contributed by atoms with Crippen molar-refractivity contribution >= 4 is 17.9 Å². The smallest absolute Gasteiger partial charge is 0.306 e. The third-order valence-electron chi connectivity index (χ3n) is 14.1. The molecule has 72 heavy (non-hydrogen) atoms. The highest BCUT2D eigenvalue weighted by molar-refractivity contribution is 5.71. The second kappa shape index (κ2) is 60.9. The van der Waals surface area contributed by atoms with Crippen LogP contribution < -0.4 is 0 Å². The van der Waals surface area contributed by atoms with Crippen molar-refractivity contribution in [1.29, 1.82) is 0 Å². The number of hydrogen-bond donors (Lipinski definition) is 0. The number of carbonyl (C=O) groups is 3. The van der Waals surface area contributed by atoms with Gasteiger partial charge in [0.2, 0.25) is 0 Å². The van der Waals surface area contributed by atoms with Gasteiger partial charge < -0.3 is 14.2 Å².